The van der Waals surface area contributed by atoms with Crippen LogP contribution in [0, 0.1) is 5.92 Å². The van der Waals surface area contributed by atoms with Crippen molar-refractivity contribution in [1.82, 2.24) is 15.2 Å². The molecule has 1 aliphatic rings. The molecular formula is C17H20N4O2S. The molecule has 2 amide bonds. The Morgan fingerprint density at radius 2 is 2.21 bits per heavy atom. The molecule has 1 aliphatic heterocycles. The van der Waals surface area contributed by atoms with E-state index in [0.29, 0.717) is 13.1 Å². The Labute approximate surface area is 144 Å². The molecule has 2 atom stereocenters. The number of nitrogens with one attached hydrogen (secondary N) is 2. The first-order valence-electron chi connectivity index (χ1n) is 7.88. The largest absolute Gasteiger partial charge is 0.368 e. The van der Waals surface area contributed by atoms with Crippen molar-refractivity contribution < 1.29 is 9.59 Å². The monoisotopic (exact) mass is 344 g/mol. The van der Waals surface area contributed by atoms with Crippen molar-refractivity contribution in [3.05, 3.63) is 46.8 Å². The molecule has 0 unspecified atom stereocenters. The van der Waals surface area contributed by atoms with Crippen LogP contribution in [0.5, 0.6) is 0 Å². The maximum atomic E-state index is 12.5. The lowest BCUT2D eigenvalue weighted by Crippen LogP contribution is -2.36. The Morgan fingerprint density at radius 3 is 2.92 bits per heavy atom. The number of hydrogen-bond donors (Lipinski definition) is 2. The van der Waals surface area contributed by atoms with Crippen LogP contribution in [0.3, 0.4) is 0 Å². The summed E-state index contributed by atoms with van der Waals surface area (Å²) in [6.45, 7) is 1.07. The molecule has 7 heteroatoms. The smallest absolute Gasteiger partial charge is 0.226 e. The van der Waals surface area contributed by atoms with E-state index in [9.17, 15) is 9.59 Å². The zero-order valence-corrected chi connectivity index (χ0v) is 14.3. The van der Waals surface area contributed by atoms with Gasteiger partial charge in [0.05, 0.1) is 12.0 Å². The Balaban J connectivity index is 1.54. The highest BCUT2D eigenvalue weighted by molar-refractivity contribution is 7.10. The predicted molar refractivity (Wildman–Crippen MR) is 93.7 cm³/mol. The second-order valence-electron chi connectivity index (χ2n) is 5.71. The quantitative estimate of drug-likeness (QED) is 0.785. The van der Waals surface area contributed by atoms with Gasteiger partial charge in [-0.05, 0) is 23.6 Å². The number of nitrogens with zero attached hydrogens (tertiary/aromatic N) is 2. The topological polar surface area (TPSA) is 74.3 Å². The van der Waals surface area contributed by atoms with Gasteiger partial charge < -0.3 is 15.5 Å². The van der Waals surface area contributed by atoms with Gasteiger partial charge in [0, 0.05) is 37.6 Å². The third-order valence-corrected chi connectivity index (χ3v) is 5.10. The molecule has 24 heavy (non-hydrogen) atoms. The molecular weight excluding hydrogens is 324 g/mol. The van der Waals surface area contributed by atoms with Gasteiger partial charge in [-0.1, -0.05) is 12.1 Å². The number of hydrogen-bond acceptors (Lipinski definition) is 5. The average molecular weight is 344 g/mol. The Morgan fingerprint density at radius 1 is 1.33 bits per heavy atom. The highest BCUT2D eigenvalue weighted by atomic mass is 32.1. The van der Waals surface area contributed by atoms with E-state index in [1.54, 1.807) is 29.5 Å². The first-order chi connectivity index (χ1) is 11.7. The zero-order chi connectivity index (χ0) is 16.9. The second kappa shape index (κ2) is 7.44. The first kappa shape index (κ1) is 16.4. The van der Waals surface area contributed by atoms with Crippen LogP contribution in [0.2, 0.25) is 0 Å². The molecule has 0 bridgehead atoms. The van der Waals surface area contributed by atoms with Crippen molar-refractivity contribution in [2.45, 2.75) is 12.5 Å². The van der Waals surface area contributed by atoms with E-state index < -0.39 is 0 Å². The van der Waals surface area contributed by atoms with Gasteiger partial charge >= 0.3 is 0 Å². The Bertz CT molecular complexity index is 690. The summed E-state index contributed by atoms with van der Waals surface area (Å²) in [6, 6.07) is 9.39. The summed E-state index contributed by atoms with van der Waals surface area (Å²) >= 11 is 1.58. The van der Waals surface area contributed by atoms with E-state index in [4.69, 9.17) is 0 Å². The van der Waals surface area contributed by atoms with Crippen LogP contribution >= 0.6 is 11.3 Å². The Hall–Kier alpha value is -2.41. The maximum Gasteiger partial charge on any atom is 0.226 e. The highest BCUT2D eigenvalue weighted by Crippen LogP contribution is 2.38. The van der Waals surface area contributed by atoms with E-state index in [2.05, 4.69) is 15.6 Å². The third-order valence-electron chi connectivity index (χ3n) is 4.15. The number of rotatable bonds is 6. The minimum atomic E-state index is -0.337. The predicted octanol–water partition coefficient (Wildman–Crippen LogP) is 1.89. The van der Waals surface area contributed by atoms with Gasteiger partial charge in [-0.3, -0.25) is 9.59 Å². The van der Waals surface area contributed by atoms with Crippen molar-refractivity contribution in [3.63, 3.8) is 0 Å². The van der Waals surface area contributed by atoms with E-state index in [-0.39, 0.29) is 30.2 Å². The van der Waals surface area contributed by atoms with Crippen LogP contribution in [0.15, 0.2) is 41.9 Å². The van der Waals surface area contributed by atoms with E-state index in [1.807, 2.05) is 35.7 Å². The van der Waals surface area contributed by atoms with Gasteiger partial charge in [0.15, 0.2) is 0 Å². The second-order valence-corrected chi connectivity index (χ2v) is 6.69. The average Bonchev–Trinajstić information content (AvgIpc) is 3.21. The third kappa shape index (κ3) is 3.56. The lowest BCUT2D eigenvalue weighted by molar-refractivity contribution is -0.128. The van der Waals surface area contributed by atoms with Crippen molar-refractivity contribution in [2.24, 2.45) is 5.92 Å². The lowest BCUT2D eigenvalue weighted by atomic mass is 9.98. The first-order valence-corrected chi connectivity index (χ1v) is 8.76. The summed E-state index contributed by atoms with van der Waals surface area (Å²) in [5.41, 5.74) is 0. The summed E-state index contributed by atoms with van der Waals surface area (Å²) in [6.07, 6.45) is 1.98. The van der Waals surface area contributed by atoms with Gasteiger partial charge in [-0.25, -0.2) is 4.98 Å². The number of thiophene rings is 1. The minimum Gasteiger partial charge on any atom is -0.368 e. The van der Waals surface area contributed by atoms with Gasteiger partial charge in [-0.15, -0.1) is 11.3 Å². The molecule has 1 saturated heterocycles. The number of aromatic nitrogens is 1. The van der Waals surface area contributed by atoms with E-state index in [0.717, 1.165) is 10.7 Å². The molecule has 3 rings (SSSR count). The molecule has 2 aromatic heterocycles. The number of carbonyl (C=O) groups is 2. The van der Waals surface area contributed by atoms with Crippen LogP contribution in [0.1, 0.15) is 17.3 Å². The fraction of sp³-hybridized carbons (Fsp3) is 0.353. The van der Waals surface area contributed by atoms with Crippen LogP contribution in [-0.4, -0.2) is 41.8 Å². The fourth-order valence-electron chi connectivity index (χ4n) is 2.93. The number of likely N-dealkylation sites (tertiary alicyclic amines) is 1. The molecule has 0 aromatic carbocycles. The molecule has 1 fully saturated rings. The van der Waals surface area contributed by atoms with Crippen LogP contribution in [0.4, 0.5) is 5.82 Å². The van der Waals surface area contributed by atoms with Gasteiger partial charge in [0.1, 0.15) is 5.82 Å². The van der Waals surface area contributed by atoms with Crippen LogP contribution in [0.25, 0.3) is 0 Å². The normalized spacial score (nSPS) is 20.2. The van der Waals surface area contributed by atoms with Gasteiger partial charge in [0.2, 0.25) is 11.8 Å². The summed E-state index contributed by atoms with van der Waals surface area (Å²) in [5.74, 6) is 0.379. The van der Waals surface area contributed by atoms with Gasteiger partial charge in [0.25, 0.3) is 0 Å². The SMILES string of the molecule is CN1C(=O)C[C@H](C(=O)NCCNc2ccccn2)[C@H]1c1cccs1. The van der Waals surface area contributed by atoms with Crippen LogP contribution in [-0.2, 0) is 9.59 Å². The molecule has 2 N–H and O–H groups in total. The zero-order valence-electron chi connectivity index (χ0n) is 13.4. The number of anilines is 1. The molecule has 2 aromatic rings. The van der Waals surface area contributed by atoms with E-state index in [1.165, 1.54) is 0 Å². The number of amides is 2. The lowest BCUT2D eigenvalue weighted by Gasteiger charge is -2.23. The summed E-state index contributed by atoms with van der Waals surface area (Å²) in [7, 11) is 1.77. The van der Waals surface area contributed by atoms with Gasteiger partial charge in [-0.2, -0.15) is 0 Å². The van der Waals surface area contributed by atoms with Crippen LogP contribution < -0.4 is 10.6 Å². The molecule has 126 valence electrons. The van der Waals surface area contributed by atoms with Crippen molar-refractivity contribution >= 4 is 29.0 Å². The molecule has 0 aliphatic carbocycles. The summed E-state index contributed by atoms with van der Waals surface area (Å²) in [4.78, 5) is 31.5. The maximum absolute atomic E-state index is 12.5. The van der Waals surface area contributed by atoms with Crippen molar-refractivity contribution in [1.29, 1.82) is 0 Å². The molecule has 0 spiro atoms. The number of pyridine rings is 1. The minimum absolute atomic E-state index is 0.0140. The number of carbonyl (C=O) groups excluding carboxylic acids is 2. The highest BCUT2D eigenvalue weighted by Gasteiger charge is 2.42. The fourth-order valence-corrected chi connectivity index (χ4v) is 3.86. The summed E-state index contributed by atoms with van der Waals surface area (Å²) < 4.78 is 0. The summed E-state index contributed by atoms with van der Waals surface area (Å²) in [5, 5.41) is 8.04. The van der Waals surface area contributed by atoms with Crippen molar-refractivity contribution in [3.8, 4) is 0 Å². The standard InChI is InChI=1S/C17H20N4O2S/c1-21-15(22)11-12(16(21)13-5-4-10-24-13)17(23)20-9-8-19-14-6-2-3-7-18-14/h2-7,10,12,16H,8-9,11H2,1H3,(H,18,19)(H,20,23)/t12-,16-/m0/s1. The molecule has 3 heterocycles. The van der Waals surface area contributed by atoms with Crippen molar-refractivity contribution in [2.75, 3.05) is 25.5 Å². The molecule has 0 radical (unpaired) electrons. The Kier molecular flexibility index (Phi) is 5.10. The van der Waals surface area contributed by atoms with E-state index >= 15 is 0 Å². The molecule has 0 saturated carbocycles. The molecule has 6 nitrogen and oxygen atoms in total.